The molecule has 23 heavy (non-hydrogen) atoms. The predicted octanol–water partition coefficient (Wildman–Crippen LogP) is 2.34. The molecule has 2 atom stereocenters. The summed E-state index contributed by atoms with van der Waals surface area (Å²) in [7, 11) is 0. The second-order valence-electron chi connectivity index (χ2n) is 5.68. The van der Waals surface area contributed by atoms with Crippen molar-refractivity contribution >= 4 is 23.5 Å². The Kier molecular flexibility index (Phi) is 3.53. The highest BCUT2D eigenvalue weighted by Gasteiger charge is 2.48. The van der Waals surface area contributed by atoms with Gasteiger partial charge in [-0.3, -0.25) is 9.88 Å². The molecule has 2 aromatic rings. The maximum Gasteiger partial charge on any atom is 0.410 e. The van der Waals surface area contributed by atoms with Gasteiger partial charge in [0.05, 0.1) is 29.8 Å². The molecule has 2 aliphatic rings. The van der Waals surface area contributed by atoms with Crippen molar-refractivity contribution in [3.8, 4) is 0 Å². The number of aromatic nitrogens is 2. The number of hydrogen-bond acceptors (Lipinski definition) is 5. The van der Waals surface area contributed by atoms with Crippen molar-refractivity contribution < 1.29 is 9.53 Å². The molecular weight excluding hydrogens is 316 g/mol. The Morgan fingerprint density at radius 2 is 2.13 bits per heavy atom. The number of carbonyl (C=O) groups excluding carboxylic acids is 1. The molecule has 7 heteroatoms. The van der Waals surface area contributed by atoms with Crippen molar-refractivity contribution in [1.29, 1.82) is 0 Å². The summed E-state index contributed by atoms with van der Waals surface area (Å²) in [6.45, 7) is 1.80. The fourth-order valence-corrected chi connectivity index (χ4v) is 3.21. The minimum atomic E-state index is -0.269. The third-order valence-electron chi connectivity index (χ3n) is 4.22. The van der Waals surface area contributed by atoms with E-state index in [0.717, 1.165) is 11.5 Å². The van der Waals surface area contributed by atoms with Crippen LogP contribution < -0.4 is 4.90 Å². The van der Waals surface area contributed by atoms with Crippen LogP contribution in [0.2, 0.25) is 5.02 Å². The summed E-state index contributed by atoms with van der Waals surface area (Å²) in [5.74, 6) is 0.845. The van der Waals surface area contributed by atoms with Gasteiger partial charge in [0.25, 0.3) is 0 Å². The molecule has 0 aromatic carbocycles. The largest absolute Gasteiger partial charge is 0.442 e. The molecule has 0 radical (unpaired) electrons. The lowest BCUT2D eigenvalue weighted by atomic mass is 10.2. The van der Waals surface area contributed by atoms with E-state index in [1.54, 1.807) is 17.3 Å². The van der Waals surface area contributed by atoms with E-state index in [1.807, 2.05) is 30.3 Å². The maximum atomic E-state index is 12.1. The molecule has 2 fully saturated rings. The van der Waals surface area contributed by atoms with Crippen LogP contribution in [-0.4, -0.2) is 46.2 Å². The Bertz CT molecular complexity index is 710. The molecular formula is C16H15ClN4O2. The van der Waals surface area contributed by atoms with Gasteiger partial charge in [-0.2, -0.15) is 0 Å². The Labute approximate surface area is 138 Å². The van der Waals surface area contributed by atoms with Crippen molar-refractivity contribution in [2.45, 2.75) is 18.7 Å². The average Bonchev–Trinajstić information content (AvgIpc) is 3.08. The minimum absolute atomic E-state index is 0.0157. The summed E-state index contributed by atoms with van der Waals surface area (Å²) in [6.07, 6.45) is 2.95. The fourth-order valence-electron chi connectivity index (χ4n) is 3.09. The van der Waals surface area contributed by atoms with E-state index in [0.29, 0.717) is 24.7 Å². The molecule has 0 spiro atoms. The topological polar surface area (TPSA) is 58.6 Å². The van der Waals surface area contributed by atoms with E-state index < -0.39 is 0 Å². The number of nitrogens with zero attached hydrogens (tertiary/aromatic N) is 4. The average molecular weight is 331 g/mol. The number of ether oxygens (including phenoxy) is 1. The molecule has 0 aliphatic carbocycles. The Morgan fingerprint density at radius 3 is 2.87 bits per heavy atom. The number of anilines is 1. The summed E-state index contributed by atoms with van der Waals surface area (Å²) < 4.78 is 5.51. The van der Waals surface area contributed by atoms with Gasteiger partial charge >= 0.3 is 6.09 Å². The van der Waals surface area contributed by atoms with E-state index in [2.05, 4.69) is 14.9 Å². The van der Waals surface area contributed by atoms with Crippen LogP contribution in [0.4, 0.5) is 10.6 Å². The first kappa shape index (κ1) is 14.3. The molecule has 0 bridgehead atoms. The monoisotopic (exact) mass is 330 g/mol. The summed E-state index contributed by atoms with van der Waals surface area (Å²) in [5, 5.41) is 0.608. The number of carbonyl (C=O) groups is 1. The second kappa shape index (κ2) is 5.70. The number of pyridine rings is 2. The van der Waals surface area contributed by atoms with Crippen LogP contribution in [0.15, 0.2) is 42.7 Å². The first-order valence-electron chi connectivity index (χ1n) is 7.44. The zero-order valence-electron chi connectivity index (χ0n) is 12.3. The van der Waals surface area contributed by atoms with Gasteiger partial charge in [-0.25, -0.2) is 9.78 Å². The van der Waals surface area contributed by atoms with Gasteiger partial charge in [0, 0.05) is 18.9 Å². The third-order valence-corrected chi connectivity index (χ3v) is 4.44. The van der Waals surface area contributed by atoms with Crippen LogP contribution in [0.1, 0.15) is 5.69 Å². The molecule has 4 rings (SSSR count). The van der Waals surface area contributed by atoms with E-state index in [9.17, 15) is 4.79 Å². The number of rotatable bonds is 3. The Hall–Kier alpha value is -2.34. The molecule has 0 saturated carbocycles. The normalized spacial score (nSPS) is 23.1. The van der Waals surface area contributed by atoms with Gasteiger partial charge in [0.1, 0.15) is 11.9 Å². The summed E-state index contributed by atoms with van der Waals surface area (Å²) >= 11 is 5.88. The highest BCUT2D eigenvalue weighted by molar-refractivity contribution is 6.30. The van der Waals surface area contributed by atoms with Gasteiger partial charge in [-0.05, 0) is 24.3 Å². The Morgan fingerprint density at radius 1 is 1.22 bits per heavy atom. The van der Waals surface area contributed by atoms with Crippen LogP contribution in [0.25, 0.3) is 0 Å². The van der Waals surface area contributed by atoms with Crippen LogP contribution in [-0.2, 0) is 11.3 Å². The molecule has 0 N–H and O–H groups in total. The summed E-state index contributed by atoms with van der Waals surface area (Å²) in [5.41, 5.74) is 0.855. The maximum absolute atomic E-state index is 12.1. The summed E-state index contributed by atoms with van der Waals surface area (Å²) in [4.78, 5) is 24.6. The van der Waals surface area contributed by atoms with Gasteiger partial charge in [-0.15, -0.1) is 0 Å². The molecule has 4 heterocycles. The molecule has 2 aliphatic heterocycles. The third kappa shape index (κ3) is 2.70. The van der Waals surface area contributed by atoms with Crippen LogP contribution in [0, 0.1) is 0 Å². The van der Waals surface area contributed by atoms with Gasteiger partial charge in [-0.1, -0.05) is 17.7 Å². The first-order valence-corrected chi connectivity index (χ1v) is 7.82. The molecule has 0 unspecified atom stereocenters. The SMILES string of the molecule is O=C1O[C@@H]2CN(c3ccc(Cl)cn3)C[C@@H]2N1Cc1ccccn1. The fraction of sp³-hybridized carbons (Fsp3) is 0.312. The summed E-state index contributed by atoms with van der Waals surface area (Å²) in [6, 6.07) is 9.40. The molecule has 118 valence electrons. The quantitative estimate of drug-likeness (QED) is 0.864. The lowest BCUT2D eigenvalue weighted by Gasteiger charge is -2.22. The number of amides is 1. The van der Waals surface area contributed by atoms with Crippen molar-refractivity contribution in [3.05, 3.63) is 53.4 Å². The first-order chi connectivity index (χ1) is 11.2. The zero-order chi connectivity index (χ0) is 15.8. The van der Waals surface area contributed by atoms with Crippen molar-refractivity contribution in [2.75, 3.05) is 18.0 Å². The number of fused-ring (bicyclic) bond motifs is 1. The standard InChI is InChI=1S/C16H15ClN4O2/c17-11-4-5-15(19-7-11)20-9-13-14(10-20)23-16(22)21(13)8-12-3-1-2-6-18-12/h1-7,13-14H,8-10H2/t13-,14+/m0/s1. The molecule has 1 amide bonds. The van der Waals surface area contributed by atoms with E-state index in [1.165, 1.54) is 0 Å². The van der Waals surface area contributed by atoms with E-state index in [4.69, 9.17) is 16.3 Å². The van der Waals surface area contributed by atoms with Crippen LogP contribution in [0.5, 0.6) is 0 Å². The lowest BCUT2D eigenvalue weighted by Crippen LogP contribution is -2.37. The molecule has 2 saturated heterocycles. The van der Waals surface area contributed by atoms with Gasteiger partial charge < -0.3 is 9.64 Å². The minimum Gasteiger partial charge on any atom is -0.442 e. The van der Waals surface area contributed by atoms with E-state index in [-0.39, 0.29) is 18.2 Å². The molecule has 6 nitrogen and oxygen atoms in total. The highest BCUT2D eigenvalue weighted by atomic mass is 35.5. The van der Waals surface area contributed by atoms with Crippen molar-refractivity contribution in [2.24, 2.45) is 0 Å². The van der Waals surface area contributed by atoms with Crippen molar-refractivity contribution in [1.82, 2.24) is 14.9 Å². The zero-order valence-corrected chi connectivity index (χ0v) is 13.1. The predicted molar refractivity (Wildman–Crippen MR) is 85.3 cm³/mol. The van der Waals surface area contributed by atoms with Crippen LogP contribution >= 0.6 is 11.6 Å². The number of hydrogen-bond donors (Lipinski definition) is 0. The number of halogens is 1. The van der Waals surface area contributed by atoms with Crippen molar-refractivity contribution in [3.63, 3.8) is 0 Å². The molecule has 2 aromatic heterocycles. The smallest absolute Gasteiger partial charge is 0.410 e. The highest BCUT2D eigenvalue weighted by Crippen LogP contribution is 2.30. The Balaban J connectivity index is 1.51. The van der Waals surface area contributed by atoms with Crippen LogP contribution in [0.3, 0.4) is 0 Å². The lowest BCUT2D eigenvalue weighted by molar-refractivity contribution is 0.135. The van der Waals surface area contributed by atoms with E-state index >= 15 is 0 Å². The van der Waals surface area contributed by atoms with Gasteiger partial charge in [0.15, 0.2) is 0 Å². The van der Waals surface area contributed by atoms with Gasteiger partial charge in [0.2, 0.25) is 0 Å². The second-order valence-corrected chi connectivity index (χ2v) is 6.11.